The zero-order valence-corrected chi connectivity index (χ0v) is 11.1. The third-order valence-corrected chi connectivity index (χ3v) is 3.79. The molecule has 0 saturated carbocycles. The summed E-state index contributed by atoms with van der Waals surface area (Å²) in [5, 5.41) is 0.322. The summed E-state index contributed by atoms with van der Waals surface area (Å²) in [6, 6.07) is 12.4. The van der Waals surface area contributed by atoms with Crippen molar-refractivity contribution in [1.29, 1.82) is 0 Å². The molecule has 3 aromatic rings. The van der Waals surface area contributed by atoms with Crippen molar-refractivity contribution in [2.75, 3.05) is 5.73 Å². The lowest BCUT2D eigenvalue weighted by molar-refractivity contribution is 0.628. The van der Waals surface area contributed by atoms with E-state index in [0.717, 1.165) is 0 Å². The predicted molar refractivity (Wildman–Crippen MR) is 77.3 cm³/mol. The molecule has 0 aliphatic carbocycles. The quantitative estimate of drug-likeness (QED) is 0.762. The summed E-state index contributed by atoms with van der Waals surface area (Å²) in [6.45, 7) is 0. The number of nitrogen functional groups attached to an aromatic ring is 1. The summed E-state index contributed by atoms with van der Waals surface area (Å²) in [6.07, 6.45) is 0. The van der Waals surface area contributed by atoms with Gasteiger partial charge in [0.05, 0.1) is 10.6 Å². The first-order valence-corrected chi connectivity index (χ1v) is 6.74. The summed E-state index contributed by atoms with van der Waals surface area (Å²) < 4.78 is 27.3. The van der Waals surface area contributed by atoms with Crippen LogP contribution in [0, 0.1) is 11.6 Å². The van der Waals surface area contributed by atoms with Gasteiger partial charge in [-0.15, -0.1) is 0 Å². The van der Waals surface area contributed by atoms with Crippen molar-refractivity contribution in [2.45, 2.75) is 0 Å². The fourth-order valence-electron chi connectivity index (χ4n) is 2.00. The minimum atomic E-state index is -0.379. The Bertz CT molecular complexity index is 768. The summed E-state index contributed by atoms with van der Waals surface area (Å²) in [7, 11) is 0. The summed E-state index contributed by atoms with van der Waals surface area (Å²) in [5.74, 6) is -0.732. The highest BCUT2D eigenvalue weighted by molar-refractivity contribution is 7.19. The van der Waals surface area contributed by atoms with Crippen LogP contribution in [-0.4, -0.2) is 4.98 Å². The Morgan fingerprint density at radius 3 is 2.55 bits per heavy atom. The molecule has 5 heteroatoms. The highest BCUT2D eigenvalue weighted by Gasteiger charge is 2.16. The third-order valence-electron chi connectivity index (χ3n) is 2.86. The molecular weight excluding hydrogens is 278 g/mol. The van der Waals surface area contributed by atoms with E-state index in [-0.39, 0.29) is 11.6 Å². The van der Waals surface area contributed by atoms with Gasteiger partial charge in [-0.05, 0) is 29.8 Å². The van der Waals surface area contributed by atoms with Crippen LogP contribution in [0.4, 0.5) is 13.9 Å². The van der Waals surface area contributed by atoms with E-state index in [9.17, 15) is 8.78 Å². The van der Waals surface area contributed by atoms with E-state index in [2.05, 4.69) is 4.98 Å². The number of thiazole rings is 1. The summed E-state index contributed by atoms with van der Waals surface area (Å²) >= 11 is 1.21. The highest BCUT2D eigenvalue weighted by atomic mass is 32.1. The molecule has 0 radical (unpaired) electrons. The SMILES string of the molecule is Nc1nc(-c2ccccc2F)c(-c2cccc(F)c2)s1. The number of nitrogens with zero attached hydrogens (tertiary/aromatic N) is 1. The maximum atomic E-state index is 13.9. The van der Waals surface area contributed by atoms with Crippen molar-refractivity contribution >= 4 is 16.5 Å². The molecule has 20 heavy (non-hydrogen) atoms. The second-order valence-corrected chi connectivity index (χ2v) is 5.25. The highest BCUT2D eigenvalue weighted by Crippen LogP contribution is 2.38. The molecule has 0 aliphatic heterocycles. The van der Waals surface area contributed by atoms with Crippen LogP contribution in [-0.2, 0) is 0 Å². The lowest BCUT2D eigenvalue weighted by Gasteiger charge is -2.04. The standard InChI is InChI=1S/C15H10F2N2S/c16-10-5-3-4-9(8-10)14-13(19-15(18)20-14)11-6-1-2-7-12(11)17/h1-8H,(H2,18,19). The second-order valence-electron chi connectivity index (χ2n) is 4.22. The zero-order valence-electron chi connectivity index (χ0n) is 10.3. The molecule has 0 unspecified atom stereocenters. The van der Waals surface area contributed by atoms with Gasteiger partial charge in [-0.1, -0.05) is 35.6 Å². The van der Waals surface area contributed by atoms with E-state index < -0.39 is 0 Å². The lowest BCUT2D eigenvalue weighted by Crippen LogP contribution is -1.88. The van der Waals surface area contributed by atoms with Gasteiger partial charge in [0.15, 0.2) is 5.13 Å². The molecular formula is C15H10F2N2S. The molecule has 0 atom stereocenters. The normalized spacial score (nSPS) is 10.7. The minimum absolute atomic E-state index is 0.322. The molecule has 0 spiro atoms. The lowest BCUT2D eigenvalue weighted by atomic mass is 10.1. The first-order valence-electron chi connectivity index (χ1n) is 5.92. The van der Waals surface area contributed by atoms with Gasteiger partial charge in [0.1, 0.15) is 11.6 Å². The van der Waals surface area contributed by atoms with Gasteiger partial charge in [0.25, 0.3) is 0 Å². The van der Waals surface area contributed by atoms with E-state index in [4.69, 9.17) is 5.73 Å². The second kappa shape index (κ2) is 5.02. The smallest absolute Gasteiger partial charge is 0.181 e. The van der Waals surface area contributed by atoms with Gasteiger partial charge < -0.3 is 5.73 Å². The molecule has 1 heterocycles. The van der Waals surface area contributed by atoms with Crippen LogP contribution in [0.1, 0.15) is 0 Å². The molecule has 2 nitrogen and oxygen atoms in total. The van der Waals surface area contributed by atoms with E-state index in [1.807, 2.05) is 0 Å². The largest absolute Gasteiger partial charge is 0.375 e. The Kier molecular flexibility index (Phi) is 3.20. The van der Waals surface area contributed by atoms with Crippen LogP contribution in [0.15, 0.2) is 48.5 Å². The Morgan fingerprint density at radius 1 is 1.00 bits per heavy atom. The fourth-order valence-corrected chi connectivity index (χ4v) is 2.84. The molecule has 1 aromatic heterocycles. The predicted octanol–water partition coefficient (Wildman–Crippen LogP) is 4.34. The van der Waals surface area contributed by atoms with Crippen molar-refractivity contribution < 1.29 is 8.78 Å². The number of hydrogen-bond donors (Lipinski definition) is 1. The topological polar surface area (TPSA) is 38.9 Å². The van der Waals surface area contributed by atoms with Crippen LogP contribution in [0.25, 0.3) is 21.7 Å². The van der Waals surface area contributed by atoms with Crippen LogP contribution in [0.3, 0.4) is 0 Å². The molecule has 0 aliphatic rings. The number of benzene rings is 2. The number of aromatic nitrogens is 1. The number of hydrogen-bond acceptors (Lipinski definition) is 3. The molecule has 2 N–H and O–H groups in total. The maximum absolute atomic E-state index is 13.9. The van der Waals surface area contributed by atoms with E-state index >= 15 is 0 Å². The summed E-state index contributed by atoms with van der Waals surface area (Å²) in [4.78, 5) is 4.84. The Morgan fingerprint density at radius 2 is 1.80 bits per heavy atom. The van der Waals surface area contributed by atoms with E-state index in [1.165, 1.54) is 29.5 Å². The van der Waals surface area contributed by atoms with Gasteiger partial charge in [0, 0.05) is 5.56 Å². The van der Waals surface area contributed by atoms with Crippen molar-refractivity contribution in [3.05, 3.63) is 60.2 Å². The molecule has 0 amide bonds. The van der Waals surface area contributed by atoms with Crippen molar-refractivity contribution in [2.24, 2.45) is 0 Å². The van der Waals surface area contributed by atoms with E-state index in [0.29, 0.717) is 26.8 Å². The molecule has 0 fully saturated rings. The van der Waals surface area contributed by atoms with Gasteiger partial charge in [0.2, 0.25) is 0 Å². The first kappa shape index (κ1) is 12.7. The number of nitrogens with two attached hydrogens (primary N) is 1. The zero-order chi connectivity index (χ0) is 14.1. The Balaban J connectivity index is 2.21. The maximum Gasteiger partial charge on any atom is 0.181 e. The van der Waals surface area contributed by atoms with Gasteiger partial charge in [-0.25, -0.2) is 13.8 Å². The molecule has 2 aromatic carbocycles. The average molecular weight is 288 g/mol. The van der Waals surface area contributed by atoms with Crippen LogP contribution >= 0.6 is 11.3 Å². The minimum Gasteiger partial charge on any atom is -0.375 e. The Labute approximate surface area is 118 Å². The number of anilines is 1. The van der Waals surface area contributed by atoms with Gasteiger partial charge in [-0.2, -0.15) is 0 Å². The van der Waals surface area contributed by atoms with Crippen LogP contribution in [0.5, 0.6) is 0 Å². The monoisotopic (exact) mass is 288 g/mol. The van der Waals surface area contributed by atoms with Crippen LogP contribution < -0.4 is 5.73 Å². The van der Waals surface area contributed by atoms with Gasteiger partial charge >= 0.3 is 0 Å². The molecule has 0 bridgehead atoms. The first-order chi connectivity index (χ1) is 9.65. The molecule has 0 saturated heterocycles. The van der Waals surface area contributed by atoms with Crippen LogP contribution in [0.2, 0.25) is 0 Å². The number of halogens is 2. The van der Waals surface area contributed by atoms with Crippen molar-refractivity contribution in [1.82, 2.24) is 4.98 Å². The van der Waals surface area contributed by atoms with Gasteiger partial charge in [-0.3, -0.25) is 0 Å². The fraction of sp³-hybridized carbons (Fsp3) is 0. The molecule has 3 rings (SSSR count). The van der Waals surface area contributed by atoms with Crippen molar-refractivity contribution in [3.8, 4) is 21.7 Å². The van der Waals surface area contributed by atoms with Crippen molar-refractivity contribution in [3.63, 3.8) is 0 Å². The third kappa shape index (κ3) is 2.28. The van der Waals surface area contributed by atoms with E-state index in [1.54, 1.807) is 30.3 Å². The summed E-state index contributed by atoms with van der Waals surface area (Å²) in [5.41, 5.74) is 7.17. The number of rotatable bonds is 2. The molecule has 100 valence electrons. The Hall–Kier alpha value is -2.27. The average Bonchev–Trinajstić information content (AvgIpc) is 2.81.